The molecule has 3 amide bonds. The first-order chi connectivity index (χ1) is 12.5. The van der Waals surface area contributed by atoms with Gasteiger partial charge >= 0.3 is 0 Å². The molecule has 0 radical (unpaired) electrons. The lowest BCUT2D eigenvalue weighted by molar-refractivity contribution is -0.133. The van der Waals surface area contributed by atoms with Crippen LogP contribution in [-0.4, -0.2) is 42.8 Å². The second-order valence-electron chi connectivity index (χ2n) is 5.65. The molecule has 6 nitrogen and oxygen atoms in total. The summed E-state index contributed by atoms with van der Waals surface area (Å²) >= 11 is 7.23. The summed E-state index contributed by atoms with van der Waals surface area (Å²) in [7, 11) is 1.57. The Morgan fingerprint density at radius 2 is 2.00 bits per heavy atom. The van der Waals surface area contributed by atoms with Crippen LogP contribution in [0.2, 0.25) is 5.02 Å². The van der Waals surface area contributed by atoms with Gasteiger partial charge in [-0.1, -0.05) is 23.7 Å². The van der Waals surface area contributed by atoms with Crippen LogP contribution in [0.5, 0.6) is 0 Å². The Morgan fingerprint density at radius 3 is 2.69 bits per heavy atom. The molecule has 1 aromatic heterocycles. The van der Waals surface area contributed by atoms with Crippen molar-refractivity contribution in [3.8, 4) is 0 Å². The van der Waals surface area contributed by atoms with Crippen LogP contribution in [0, 0.1) is 0 Å². The first-order valence-corrected chi connectivity index (χ1v) is 9.32. The van der Waals surface area contributed by atoms with Crippen molar-refractivity contribution in [1.82, 2.24) is 10.2 Å². The van der Waals surface area contributed by atoms with Crippen LogP contribution in [-0.2, 0) is 9.59 Å². The van der Waals surface area contributed by atoms with E-state index >= 15 is 0 Å². The molecule has 0 aliphatic rings. The maximum Gasteiger partial charge on any atom is 0.261 e. The minimum atomic E-state index is -0.297. The molecule has 138 valence electrons. The predicted molar refractivity (Wildman–Crippen MR) is 104 cm³/mol. The van der Waals surface area contributed by atoms with Gasteiger partial charge in [0.05, 0.1) is 11.4 Å². The molecule has 26 heavy (non-hydrogen) atoms. The summed E-state index contributed by atoms with van der Waals surface area (Å²) in [6, 6.07) is 10.4. The summed E-state index contributed by atoms with van der Waals surface area (Å²) in [5.41, 5.74) is 0.583. The second-order valence-corrected chi connectivity index (χ2v) is 7.03. The second kappa shape index (κ2) is 9.94. The molecule has 0 aliphatic heterocycles. The Hall–Kier alpha value is -2.38. The number of anilines is 1. The van der Waals surface area contributed by atoms with E-state index in [0.717, 1.165) is 0 Å². The SMILES string of the molecule is CN(CC(=O)Nc1cccc(Cl)c1)C(=O)CCCNC(=O)c1cccs1. The number of carbonyl (C=O) groups excluding carboxylic acids is 3. The molecule has 2 N–H and O–H groups in total. The number of carbonyl (C=O) groups is 3. The standard InChI is InChI=1S/C18H20ClN3O3S/c1-22(12-16(23)21-14-6-2-5-13(19)11-14)17(24)8-3-9-20-18(25)15-7-4-10-26-15/h2,4-7,10-11H,3,8-9,12H2,1H3,(H,20,25)(H,21,23). The smallest absolute Gasteiger partial charge is 0.261 e. The van der Waals surface area contributed by atoms with E-state index in [1.165, 1.54) is 16.2 Å². The molecule has 0 atom stereocenters. The van der Waals surface area contributed by atoms with E-state index in [1.807, 2.05) is 11.4 Å². The number of thiophene rings is 1. The zero-order chi connectivity index (χ0) is 18.9. The summed E-state index contributed by atoms with van der Waals surface area (Å²) in [5.74, 6) is -0.590. The molecule has 0 spiro atoms. The van der Waals surface area contributed by atoms with Crippen LogP contribution < -0.4 is 10.6 Å². The minimum Gasteiger partial charge on any atom is -0.351 e. The third-order valence-corrected chi connectivity index (χ3v) is 4.62. The Balaban J connectivity index is 1.66. The van der Waals surface area contributed by atoms with Gasteiger partial charge in [-0.05, 0) is 36.1 Å². The fourth-order valence-electron chi connectivity index (χ4n) is 2.20. The van der Waals surface area contributed by atoms with Gasteiger partial charge in [-0.25, -0.2) is 0 Å². The maximum absolute atomic E-state index is 12.1. The van der Waals surface area contributed by atoms with Crippen LogP contribution in [0.1, 0.15) is 22.5 Å². The van der Waals surface area contributed by atoms with E-state index in [4.69, 9.17) is 11.6 Å². The summed E-state index contributed by atoms with van der Waals surface area (Å²) in [4.78, 5) is 37.8. The van der Waals surface area contributed by atoms with Crippen molar-refractivity contribution in [3.63, 3.8) is 0 Å². The summed E-state index contributed by atoms with van der Waals surface area (Å²) in [6.45, 7) is 0.359. The van der Waals surface area contributed by atoms with Gasteiger partial charge in [-0.2, -0.15) is 0 Å². The van der Waals surface area contributed by atoms with Crippen molar-refractivity contribution in [2.24, 2.45) is 0 Å². The average Bonchev–Trinajstić information content (AvgIpc) is 3.12. The molecule has 0 aliphatic carbocycles. The molecular weight excluding hydrogens is 374 g/mol. The van der Waals surface area contributed by atoms with Crippen LogP contribution in [0.25, 0.3) is 0 Å². The first kappa shape index (κ1) is 19.9. The third-order valence-electron chi connectivity index (χ3n) is 3.51. The van der Waals surface area contributed by atoms with Crippen LogP contribution in [0.15, 0.2) is 41.8 Å². The zero-order valence-corrected chi connectivity index (χ0v) is 15.9. The summed E-state index contributed by atoms with van der Waals surface area (Å²) in [5, 5.41) is 7.82. The number of hydrogen-bond acceptors (Lipinski definition) is 4. The van der Waals surface area contributed by atoms with E-state index in [9.17, 15) is 14.4 Å². The van der Waals surface area contributed by atoms with Gasteiger partial charge in [-0.3, -0.25) is 14.4 Å². The largest absolute Gasteiger partial charge is 0.351 e. The number of halogens is 1. The number of benzene rings is 1. The third kappa shape index (κ3) is 6.50. The molecule has 0 fully saturated rings. The van der Waals surface area contributed by atoms with Crippen molar-refractivity contribution in [1.29, 1.82) is 0 Å². The topological polar surface area (TPSA) is 78.5 Å². The normalized spacial score (nSPS) is 10.2. The van der Waals surface area contributed by atoms with Crippen molar-refractivity contribution >= 4 is 46.3 Å². The van der Waals surface area contributed by atoms with E-state index in [2.05, 4.69) is 10.6 Å². The number of nitrogens with one attached hydrogen (secondary N) is 2. The Kier molecular flexibility index (Phi) is 7.62. The highest BCUT2D eigenvalue weighted by Crippen LogP contribution is 2.14. The van der Waals surface area contributed by atoms with Gasteiger partial charge in [0.2, 0.25) is 11.8 Å². The van der Waals surface area contributed by atoms with Crippen LogP contribution in [0.4, 0.5) is 5.69 Å². The Morgan fingerprint density at radius 1 is 1.19 bits per heavy atom. The summed E-state index contributed by atoms with van der Waals surface area (Å²) in [6.07, 6.45) is 0.766. The summed E-state index contributed by atoms with van der Waals surface area (Å²) < 4.78 is 0. The number of likely N-dealkylation sites (N-methyl/N-ethyl adjacent to an activating group) is 1. The number of nitrogens with zero attached hydrogens (tertiary/aromatic N) is 1. The highest BCUT2D eigenvalue weighted by molar-refractivity contribution is 7.12. The van der Waals surface area contributed by atoms with E-state index in [1.54, 1.807) is 37.4 Å². The highest BCUT2D eigenvalue weighted by atomic mass is 35.5. The lowest BCUT2D eigenvalue weighted by Gasteiger charge is -2.17. The van der Waals surface area contributed by atoms with Gasteiger partial charge < -0.3 is 15.5 Å². The maximum atomic E-state index is 12.1. The van der Waals surface area contributed by atoms with Crippen molar-refractivity contribution in [2.75, 3.05) is 25.5 Å². The van der Waals surface area contributed by atoms with Gasteiger partial charge in [0.1, 0.15) is 0 Å². The quantitative estimate of drug-likeness (QED) is 0.676. The monoisotopic (exact) mass is 393 g/mol. The first-order valence-electron chi connectivity index (χ1n) is 8.07. The number of rotatable bonds is 8. The zero-order valence-electron chi connectivity index (χ0n) is 14.3. The molecular formula is C18H20ClN3O3S. The van der Waals surface area contributed by atoms with Gasteiger partial charge in [-0.15, -0.1) is 11.3 Å². The predicted octanol–water partition coefficient (Wildman–Crippen LogP) is 3.01. The molecule has 8 heteroatoms. The number of hydrogen-bond donors (Lipinski definition) is 2. The van der Waals surface area contributed by atoms with E-state index in [0.29, 0.717) is 28.6 Å². The van der Waals surface area contributed by atoms with Crippen molar-refractivity contribution < 1.29 is 14.4 Å². The molecule has 2 aromatic rings. The van der Waals surface area contributed by atoms with E-state index in [-0.39, 0.29) is 30.7 Å². The minimum absolute atomic E-state index is 0.0487. The number of amides is 3. The molecule has 0 saturated carbocycles. The van der Waals surface area contributed by atoms with Gasteiger partial charge in [0.15, 0.2) is 0 Å². The Labute approximate surface area is 161 Å². The van der Waals surface area contributed by atoms with Gasteiger partial charge in [0.25, 0.3) is 5.91 Å². The van der Waals surface area contributed by atoms with E-state index < -0.39 is 0 Å². The Bertz CT molecular complexity index is 765. The molecule has 0 unspecified atom stereocenters. The molecule has 1 aromatic carbocycles. The molecule has 0 saturated heterocycles. The van der Waals surface area contributed by atoms with Crippen LogP contribution in [0.3, 0.4) is 0 Å². The lowest BCUT2D eigenvalue weighted by atomic mass is 10.2. The van der Waals surface area contributed by atoms with Gasteiger partial charge in [0, 0.05) is 30.7 Å². The average molecular weight is 394 g/mol. The van der Waals surface area contributed by atoms with Crippen LogP contribution >= 0.6 is 22.9 Å². The lowest BCUT2D eigenvalue weighted by Crippen LogP contribution is -2.35. The van der Waals surface area contributed by atoms with Crippen molar-refractivity contribution in [3.05, 3.63) is 51.7 Å². The fourth-order valence-corrected chi connectivity index (χ4v) is 3.03. The molecule has 1 heterocycles. The highest BCUT2D eigenvalue weighted by Gasteiger charge is 2.13. The van der Waals surface area contributed by atoms with Crippen molar-refractivity contribution in [2.45, 2.75) is 12.8 Å². The molecule has 2 rings (SSSR count). The molecule has 0 bridgehead atoms. The fraction of sp³-hybridized carbons (Fsp3) is 0.278.